The smallest absolute Gasteiger partial charge is 0.253 e. The highest BCUT2D eigenvalue weighted by Gasteiger charge is 2.31. The minimum atomic E-state index is -0.112. The molecule has 8 nitrogen and oxygen atoms in total. The van der Waals surface area contributed by atoms with Gasteiger partial charge in [0, 0.05) is 43.9 Å². The first kappa shape index (κ1) is 20.1. The molecule has 0 aromatic carbocycles. The lowest BCUT2D eigenvalue weighted by Crippen LogP contribution is -2.65. The summed E-state index contributed by atoms with van der Waals surface area (Å²) in [5.74, 6) is 0.587. The molecule has 29 heavy (non-hydrogen) atoms. The van der Waals surface area contributed by atoms with Crippen LogP contribution in [-0.2, 0) is 4.79 Å². The van der Waals surface area contributed by atoms with Gasteiger partial charge in [-0.2, -0.15) is 0 Å². The fraction of sp³-hybridized carbons (Fsp3) is 0.667. The number of nitrogens with zero attached hydrogens (tertiary/aromatic N) is 2. The van der Waals surface area contributed by atoms with Crippen molar-refractivity contribution >= 4 is 11.8 Å². The standard InChI is InChI=1S/C21H31N5O3/c1-14-12-18(27)25-21(23-14)26-10-8-16(9-11-26)24-20(28)15-6-7-19(22-13-15)29-17-4-2-3-5-17/h6-7,13-14,16-17,21,23H,2-5,8-12H2,1H3,(H,24,28)(H,25,27). The number of carbonyl (C=O) groups is 2. The molecule has 1 saturated carbocycles. The third-order valence-electron chi connectivity index (χ3n) is 6.05. The van der Waals surface area contributed by atoms with Crippen LogP contribution in [0.1, 0.15) is 62.2 Å². The maximum Gasteiger partial charge on any atom is 0.253 e. The van der Waals surface area contributed by atoms with Crippen molar-refractivity contribution in [3.05, 3.63) is 23.9 Å². The Kier molecular flexibility index (Phi) is 6.30. The predicted octanol–water partition coefficient (Wildman–Crippen LogP) is 1.38. The first-order valence-corrected chi connectivity index (χ1v) is 10.8. The van der Waals surface area contributed by atoms with Crippen LogP contribution in [0.5, 0.6) is 5.88 Å². The molecule has 1 aromatic rings. The van der Waals surface area contributed by atoms with E-state index in [1.165, 1.54) is 12.8 Å². The van der Waals surface area contributed by atoms with Crippen LogP contribution in [0.25, 0.3) is 0 Å². The number of likely N-dealkylation sites (tertiary alicyclic amines) is 1. The molecule has 3 N–H and O–H groups in total. The third-order valence-corrected chi connectivity index (χ3v) is 6.05. The quantitative estimate of drug-likeness (QED) is 0.690. The summed E-state index contributed by atoms with van der Waals surface area (Å²) >= 11 is 0. The fourth-order valence-corrected chi connectivity index (χ4v) is 4.39. The number of amides is 2. The molecule has 2 amide bonds. The number of hydrogen-bond donors (Lipinski definition) is 3. The van der Waals surface area contributed by atoms with Gasteiger partial charge in [0.1, 0.15) is 12.4 Å². The number of nitrogens with one attached hydrogen (secondary N) is 3. The summed E-state index contributed by atoms with van der Waals surface area (Å²) in [5, 5.41) is 9.53. The molecule has 4 rings (SSSR count). The van der Waals surface area contributed by atoms with Crippen molar-refractivity contribution in [3.8, 4) is 5.88 Å². The molecule has 2 unspecified atom stereocenters. The Labute approximate surface area is 171 Å². The van der Waals surface area contributed by atoms with E-state index in [9.17, 15) is 9.59 Å². The molecule has 1 aromatic heterocycles. The molecule has 0 radical (unpaired) electrons. The highest BCUT2D eigenvalue weighted by molar-refractivity contribution is 5.94. The van der Waals surface area contributed by atoms with Gasteiger partial charge in [0.2, 0.25) is 11.8 Å². The van der Waals surface area contributed by atoms with E-state index in [0.29, 0.717) is 17.9 Å². The van der Waals surface area contributed by atoms with Crippen LogP contribution in [-0.4, -0.2) is 59.3 Å². The Morgan fingerprint density at radius 3 is 2.62 bits per heavy atom. The molecule has 158 valence electrons. The molecular weight excluding hydrogens is 370 g/mol. The van der Waals surface area contributed by atoms with E-state index in [4.69, 9.17) is 4.74 Å². The zero-order valence-corrected chi connectivity index (χ0v) is 17.0. The maximum atomic E-state index is 12.6. The van der Waals surface area contributed by atoms with Gasteiger partial charge < -0.3 is 15.4 Å². The van der Waals surface area contributed by atoms with Gasteiger partial charge in [0.25, 0.3) is 5.91 Å². The van der Waals surface area contributed by atoms with Gasteiger partial charge in [0.15, 0.2) is 0 Å². The highest BCUT2D eigenvalue weighted by atomic mass is 16.5. The third kappa shape index (κ3) is 5.25. The highest BCUT2D eigenvalue weighted by Crippen LogP contribution is 2.23. The van der Waals surface area contributed by atoms with Crippen LogP contribution in [0.3, 0.4) is 0 Å². The van der Waals surface area contributed by atoms with Gasteiger partial charge in [-0.3, -0.25) is 19.8 Å². The summed E-state index contributed by atoms with van der Waals surface area (Å²) in [6.07, 6.45) is 8.56. The monoisotopic (exact) mass is 401 g/mol. The van der Waals surface area contributed by atoms with Gasteiger partial charge >= 0.3 is 0 Å². The average Bonchev–Trinajstić information content (AvgIpc) is 3.21. The molecule has 8 heteroatoms. The van der Waals surface area contributed by atoms with Crippen LogP contribution in [0.15, 0.2) is 18.3 Å². The van der Waals surface area contributed by atoms with Gasteiger partial charge in [-0.25, -0.2) is 4.98 Å². The van der Waals surface area contributed by atoms with Crippen LogP contribution in [0.2, 0.25) is 0 Å². The number of aromatic nitrogens is 1. The summed E-state index contributed by atoms with van der Waals surface area (Å²) in [6.45, 7) is 3.67. The summed E-state index contributed by atoms with van der Waals surface area (Å²) in [7, 11) is 0. The minimum Gasteiger partial charge on any atom is -0.474 e. The number of carbonyl (C=O) groups excluding carboxylic acids is 2. The Morgan fingerprint density at radius 2 is 1.97 bits per heavy atom. The van der Waals surface area contributed by atoms with Crippen molar-refractivity contribution in [2.24, 2.45) is 0 Å². The molecule has 3 fully saturated rings. The maximum absolute atomic E-state index is 12.6. The van der Waals surface area contributed by atoms with E-state index >= 15 is 0 Å². The average molecular weight is 402 g/mol. The summed E-state index contributed by atoms with van der Waals surface area (Å²) in [5.41, 5.74) is 0.557. The van der Waals surface area contributed by atoms with E-state index in [2.05, 4.69) is 25.8 Å². The topological polar surface area (TPSA) is 95.6 Å². The zero-order chi connectivity index (χ0) is 20.2. The largest absolute Gasteiger partial charge is 0.474 e. The number of pyridine rings is 1. The molecule has 0 bridgehead atoms. The predicted molar refractivity (Wildman–Crippen MR) is 108 cm³/mol. The van der Waals surface area contributed by atoms with Crippen molar-refractivity contribution in [2.75, 3.05) is 13.1 Å². The van der Waals surface area contributed by atoms with Crippen molar-refractivity contribution in [1.29, 1.82) is 0 Å². The van der Waals surface area contributed by atoms with Crippen molar-refractivity contribution < 1.29 is 14.3 Å². The summed E-state index contributed by atoms with van der Waals surface area (Å²) in [4.78, 5) is 30.9. The van der Waals surface area contributed by atoms with E-state index in [1.807, 2.05) is 6.92 Å². The molecule has 0 spiro atoms. The Morgan fingerprint density at radius 1 is 1.21 bits per heavy atom. The Bertz CT molecular complexity index is 712. The van der Waals surface area contributed by atoms with Crippen molar-refractivity contribution in [3.63, 3.8) is 0 Å². The number of rotatable bonds is 5. The number of hydrogen-bond acceptors (Lipinski definition) is 6. The summed E-state index contributed by atoms with van der Waals surface area (Å²) < 4.78 is 5.86. The minimum absolute atomic E-state index is 0.0875. The first-order valence-electron chi connectivity index (χ1n) is 10.8. The first-order chi connectivity index (χ1) is 14.1. The molecule has 1 aliphatic carbocycles. The van der Waals surface area contributed by atoms with Crippen molar-refractivity contribution in [1.82, 2.24) is 25.8 Å². The second-order valence-corrected chi connectivity index (χ2v) is 8.44. The van der Waals surface area contributed by atoms with E-state index in [-0.39, 0.29) is 36.3 Å². The molecular formula is C21H31N5O3. The van der Waals surface area contributed by atoms with E-state index < -0.39 is 0 Å². The van der Waals surface area contributed by atoms with Gasteiger partial charge in [0.05, 0.1) is 5.56 Å². The van der Waals surface area contributed by atoms with Crippen LogP contribution in [0.4, 0.5) is 0 Å². The molecule has 2 aliphatic heterocycles. The Hall–Kier alpha value is -2.19. The van der Waals surface area contributed by atoms with Crippen LogP contribution >= 0.6 is 0 Å². The van der Waals surface area contributed by atoms with Gasteiger partial charge in [-0.05, 0) is 51.5 Å². The zero-order valence-electron chi connectivity index (χ0n) is 17.0. The molecule has 2 saturated heterocycles. The lowest BCUT2D eigenvalue weighted by molar-refractivity contribution is -0.127. The number of ether oxygens (including phenoxy) is 1. The van der Waals surface area contributed by atoms with Crippen molar-refractivity contribution in [2.45, 2.75) is 76.3 Å². The molecule has 3 aliphatic rings. The lowest BCUT2D eigenvalue weighted by atomic mass is 10.0. The van der Waals surface area contributed by atoms with E-state index in [0.717, 1.165) is 38.8 Å². The molecule has 3 heterocycles. The molecule has 2 atom stereocenters. The second-order valence-electron chi connectivity index (χ2n) is 8.44. The summed E-state index contributed by atoms with van der Waals surface area (Å²) in [6, 6.07) is 3.88. The number of piperidine rings is 1. The van der Waals surface area contributed by atoms with Gasteiger partial charge in [-0.1, -0.05) is 0 Å². The lowest BCUT2D eigenvalue weighted by Gasteiger charge is -2.41. The normalized spacial score (nSPS) is 26.9. The SMILES string of the molecule is CC1CC(=O)NC(N2CCC(NC(=O)c3ccc(OC4CCCC4)nc3)CC2)N1. The van der Waals surface area contributed by atoms with E-state index in [1.54, 1.807) is 18.3 Å². The van der Waals surface area contributed by atoms with Crippen LogP contribution < -0.4 is 20.7 Å². The Balaban J connectivity index is 1.23. The fourth-order valence-electron chi connectivity index (χ4n) is 4.39. The second kappa shape index (κ2) is 9.09. The van der Waals surface area contributed by atoms with Gasteiger partial charge in [-0.15, -0.1) is 0 Å². The van der Waals surface area contributed by atoms with Crippen LogP contribution in [0, 0.1) is 0 Å².